The molecule has 2 rings (SSSR count). The van der Waals surface area contributed by atoms with E-state index in [0.717, 1.165) is 30.3 Å². The van der Waals surface area contributed by atoms with Gasteiger partial charge < -0.3 is 10.6 Å². The molecule has 2 heterocycles. The van der Waals surface area contributed by atoms with E-state index in [0.29, 0.717) is 12.5 Å². The van der Waals surface area contributed by atoms with Crippen LogP contribution >= 0.6 is 35.3 Å². The molecule has 0 radical (unpaired) electrons. The number of carbonyl (C=O) groups is 1. The molecule has 1 unspecified atom stereocenters. The Bertz CT molecular complexity index is 364. The molecular weight excluding hydrogens is 279 g/mol. The molecule has 1 amide bonds. The van der Waals surface area contributed by atoms with E-state index in [-0.39, 0.29) is 18.3 Å². The number of aryl methyl sites for hydroxylation is 1. The van der Waals surface area contributed by atoms with Crippen LogP contribution in [-0.2, 0) is 11.2 Å². The third-order valence-electron chi connectivity index (χ3n) is 2.65. The van der Waals surface area contributed by atoms with Crippen LogP contribution in [0.25, 0.3) is 0 Å². The second-order valence-corrected chi connectivity index (χ2v) is 5.76. The van der Waals surface area contributed by atoms with Gasteiger partial charge in [-0.05, 0) is 31.5 Å². The molecular formula is C11H16Cl2N2OS. The predicted molar refractivity (Wildman–Crippen MR) is 74.3 cm³/mol. The number of rotatable bonds is 4. The number of amides is 1. The first kappa shape index (κ1) is 14.8. The standard InChI is InChI=1S/C11H15ClN2OS.ClH/c12-10-3-1-9(16-10)2-4-11(15)14-8-5-6-13-7-8;/h1,3,8,13H,2,4-7H2,(H,14,15);1H. The number of hydrogen-bond acceptors (Lipinski definition) is 3. The third-order valence-corrected chi connectivity index (χ3v) is 3.94. The number of hydrogen-bond donors (Lipinski definition) is 2. The number of carbonyl (C=O) groups excluding carboxylic acids is 1. The number of nitrogens with one attached hydrogen (secondary N) is 2. The first-order valence-electron chi connectivity index (χ1n) is 5.48. The van der Waals surface area contributed by atoms with Crippen LogP contribution < -0.4 is 10.6 Å². The van der Waals surface area contributed by atoms with Crippen molar-refractivity contribution in [3.05, 3.63) is 21.3 Å². The average Bonchev–Trinajstić information content (AvgIpc) is 2.87. The van der Waals surface area contributed by atoms with E-state index in [1.54, 1.807) is 11.3 Å². The average molecular weight is 295 g/mol. The minimum absolute atomic E-state index is 0. The molecule has 1 aliphatic heterocycles. The number of halogens is 2. The van der Waals surface area contributed by atoms with Gasteiger partial charge in [0.25, 0.3) is 0 Å². The van der Waals surface area contributed by atoms with Gasteiger partial charge >= 0.3 is 0 Å². The summed E-state index contributed by atoms with van der Waals surface area (Å²) in [7, 11) is 0. The van der Waals surface area contributed by atoms with Crippen LogP contribution in [0.1, 0.15) is 17.7 Å². The zero-order valence-corrected chi connectivity index (χ0v) is 11.8. The van der Waals surface area contributed by atoms with Crippen molar-refractivity contribution in [3.63, 3.8) is 0 Å². The van der Waals surface area contributed by atoms with Gasteiger partial charge in [-0.2, -0.15) is 0 Å². The van der Waals surface area contributed by atoms with Crippen molar-refractivity contribution in [1.82, 2.24) is 10.6 Å². The van der Waals surface area contributed by atoms with Crippen molar-refractivity contribution in [2.75, 3.05) is 13.1 Å². The van der Waals surface area contributed by atoms with Crippen LogP contribution in [0.5, 0.6) is 0 Å². The molecule has 1 fully saturated rings. The van der Waals surface area contributed by atoms with E-state index in [1.165, 1.54) is 4.88 Å². The van der Waals surface area contributed by atoms with Gasteiger partial charge in [0.05, 0.1) is 4.34 Å². The quantitative estimate of drug-likeness (QED) is 0.894. The van der Waals surface area contributed by atoms with E-state index >= 15 is 0 Å². The van der Waals surface area contributed by atoms with Crippen LogP contribution in [0.2, 0.25) is 4.34 Å². The minimum atomic E-state index is 0. The Labute approximate surface area is 116 Å². The molecule has 2 N–H and O–H groups in total. The molecule has 3 nitrogen and oxygen atoms in total. The van der Waals surface area contributed by atoms with Gasteiger partial charge in [-0.25, -0.2) is 0 Å². The van der Waals surface area contributed by atoms with Gasteiger partial charge in [-0.1, -0.05) is 11.6 Å². The fourth-order valence-corrected chi connectivity index (χ4v) is 2.89. The molecule has 0 bridgehead atoms. The lowest BCUT2D eigenvalue weighted by atomic mass is 10.2. The predicted octanol–water partition coefficient (Wildman–Crippen LogP) is 2.23. The Morgan fingerprint density at radius 3 is 3.00 bits per heavy atom. The summed E-state index contributed by atoms with van der Waals surface area (Å²) in [6.07, 6.45) is 2.37. The number of thiophene rings is 1. The molecule has 1 atom stereocenters. The first-order chi connectivity index (χ1) is 7.74. The molecule has 0 spiro atoms. The summed E-state index contributed by atoms with van der Waals surface area (Å²) in [5.41, 5.74) is 0. The maximum Gasteiger partial charge on any atom is 0.220 e. The lowest BCUT2D eigenvalue weighted by Gasteiger charge is -2.10. The Hall–Kier alpha value is -0.290. The lowest BCUT2D eigenvalue weighted by molar-refractivity contribution is -0.121. The summed E-state index contributed by atoms with van der Waals surface area (Å²) >= 11 is 7.37. The summed E-state index contributed by atoms with van der Waals surface area (Å²) in [6.45, 7) is 1.90. The summed E-state index contributed by atoms with van der Waals surface area (Å²) in [6, 6.07) is 4.18. The second kappa shape index (κ2) is 7.21. The molecule has 96 valence electrons. The molecule has 0 aliphatic carbocycles. The fourth-order valence-electron chi connectivity index (χ4n) is 1.80. The molecule has 1 aromatic rings. The third kappa shape index (κ3) is 4.84. The molecule has 1 aliphatic rings. The van der Waals surface area contributed by atoms with Crippen LogP contribution in [-0.4, -0.2) is 25.0 Å². The molecule has 0 aromatic carbocycles. The second-order valence-electron chi connectivity index (χ2n) is 3.96. The smallest absolute Gasteiger partial charge is 0.220 e. The van der Waals surface area contributed by atoms with Crippen molar-refractivity contribution in [2.45, 2.75) is 25.3 Å². The Balaban J connectivity index is 0.00000144. The van der Waals surface area contributed by atoms with Crippen molar-refractivity contribution < 1.29 is 4.79 Å². The topological polar surface area (TPSA) is 41.1 Å². The maximum absolute atomic E-state index is 11.6. The van der Waals surface area contributed by atoms with Gasteiger partial charge in [0.2, 0.25) is 5.91 Å². The van der Waals surface area contributed by atoms with Gasteiger partial charge in [-0.15, -0.1) is 23.7 Å². The van der Waals surface area contributed by atoms with Crippen molar-refractivity contribution in [3.8, 4) is 0 Å². The van der Waals surface area contributed by atoms with Gasteiger partial charge in [0.15, 0.2) is 0 Å². The highest BCUT2D eigenvalue weighted by Crippen LogP contribution is 2.22. The maximum atomic E-state index is 11.6. The van der Waals surface area contributed by atoms with E-state index in [1.807, 2.05) is 12.1 Å². The Morgan fingerprint density at radius 2 is 2.41 bits per heavy atom. The highest BCUT2D eigenvalue weighted by atomic mass is 35.5. The van der Waals surface area contributed by atoms with Crippen LogP contribution in [0.15, 0.2) is 12.1 Å². The summed E-state index contributed by atoms with van der Waals surface area (Å²) in [5, 5.41) is 6.25. The molecule has 17 heavy (non-hydrogen) atoms. The van der Waals surface area contributed by atoms with Gasteiger partial charge in [-0.3, -0.25) is 4.79 Å². The van der Waals surface area contributed by atoms with Gasteiger partial charge in [0.1, 0.15) is 0 Å². The molecule has 0 saturated carbocycles. The Morgan fingerprint density at radius 1 is 1.59 bits per heavy atom. The summed E-state index contributed by atoms with van der Waals surface area (Å²) < 4.78 is 0.787. The largest absolute Gasteiger partial charge is 0.352 e. The van der Waals surface area contributed by atoms with Crippen LogP contribution in [0.3, 0.4) is 0 Å². The van der Waals surface area contributed by atoms with Gasteiger partial charge in [0, 0.05) is 23.9 Å². The summed E-state index contributed by atoms with van der Waals surface area (Å²) in [4.78, 5) is 12.8. The van der Waals surface area contributed by atoms with E-state index in [4.69, 9.17) is 11.6 Å². The van der Waals surface area contributed by atoms with Crippen LogP contribution in [0, 0.1) is 0 Å². The minimum Gasteiger partial charge on any atom is -0.352 e. The van der Waals surface area contributed by atoms with Crippen LogP contribution in [0.4, 0.5) is 0 Å². The highest BCUT2D eigenvalue weighted by Gasteiger charge is 2.16. The highest BCUT2D eigenvalue weighted by molar-refractivity contribution is 7.16. The fraction of sp³-hybridized carbons (Fsp3) is 0.545. The summed E-state index contributed by atoms with van der Waals surface area (Å²) in [5.74, 6) is 0.137. The monoisotopic (exact) mass is 294 g/mol. The van der Waals surface area contributed by atoms with E-state index in [2.05, 4.69) is 10.6 Å². The van der Waals surface area contributed by atoms with Crippen molar-refractivity contribution in [1.29, 1.82) is 0 Å². The molecule has 6 heteroatoms. The lowest BCUT2D eigenvalue weighted by Crippen LogP contribution is -2.36. The first-order valence-corrected chi connectivity index (χ1v) is 6.68. The Kier molecular flexibility index (Phi) is 6.27. The molecule has 1 aromatic heterocycles. The van der Waals surface area contributed by atoms with E-state index in [9.17, 15) is 4.79 Å². The van der Waals surface area contributed by atoms with Crippen molar-refractivity contribution >= 4 is 41.3 Å². The normalized spacial score (nSPS) is 18.8. The zero-order chi connectivity index (χ0) is 11.4. The molecule has 1 saturated heterocycles. The zero-order valence-electron chi connectivity index (χ0n) is 9.37. The van der Waals surface area contributed by atoms with Crippen molar-refractivity contribution in [2.24, 2.45) is 0 Å². The van der Waals surface area contributed by atoms with E-state index < -0.39 is 0 Å². The SMILES string of the molecule is Cl.O=C(CCc1ccc(Cl)s1)NC1CCNC1.